The molecule has 0 fully saturated rings. The zero-order chi connectivity index (χ0) is 27.4. The normalized spacial score (nSPS) is 16.3. The van der Waals surface area contributed by atoms with Crippen LogP contribution < -0.4 is 0 Å². The van der Waals surface area contributed by atoms with Crippen molar-refractivity contribution in [3.63, 3.8) is 0 Å². The zero-order valence-electron chi connectivity index (χ0n) is 23.1. The highest BCUT2D eigenvalue weighted by atomic mass is 14.8. The molecule has 0 unspecified atom stereocenters. The van der Waals surface area contributed by atoms with Crippen LogP contribution in [0.25, 0.3) is 44.5 Å². The van der Waals surface area contributed by atoms with E-state index in [-0.39, 0.29) is 0 Å². The molecule has 0 saturated heterocycles. The SMILES string of the molecule is C1=C(C2=Nc3cc4cc5c(cc4cc3C2)N=C(C2=Cc3cc4ccccc4cc3C2)C5)Cc2cc3ccccc3cc21. The van der Waals surface area contributed by atoms with Crippen molar-refractivity contribution in [1.82, 2.24) is 0 Å². The summed E-state index contributed by atoms with van der Waals surface area (Å²) in [4.78, 5) is 10.3. The molecule has 196 valence electrons. The van der Waals surface area contributed by atoms with E-state index in [0.29, 0.717) is 0 Å². The molecular formula is C40H26N2. The van der Waals surface area contributed by atoms with E-state index < -0.39 is 0 Å². The van der Waals surface area contributed by atoms with Gasteiger partial charge in [0.2, 0.25) is 0 Å². The fourth-order valence-corrected chi connectivity index (χ4v) is 7.46. The van der Waals surface area contributed by atoms with Gasteiger partial charge in [0.1, 0.15) is 0 Å². The molecule has 0 amide bonds. The average Bonchev–Trinajstić information content (AvgIpc) is 3.79. The summed E-state index contributed by atoms with van der Waals surface area (Å²) in [5.74, 6) is 0. The first kappa shape index (κ1) is 22.6. The lowest BCUT2D eigenvalue weighted by atomic mass is 9.97. The minimum Gasteiger partial charge on any atom is -0.252 e. The van der Waals surface area contributed by atoms with Gasteiger partial charge in [0.25, 0.3) is 0 Å². The molecule has 2 heteroatoms. The molecule has 42 heavy (non-hydrogen) atoms. The van der Waals surface area contributed by atoms with E-state index in [1.54, 1.807) is 0 Å². The summed E-state index contributed by atoms with van der Waals surface area (Å²) in [6, 6.07) is 35.9. The van der Waals surface area contributed by atoms with Crippen LogP contribution in [-0.2, 0) is 25.7 Å². The predicted octanol–water partition coefficient (Wildman–Crippen LogP) is 9.68. The first-order valence-corrected chi connectivity index (χ1v) is 14.9. The maximum Gasteiger partial charge on any atom is 0.0675 e. The molecule has 0 atom stereocenters. The highest BCUT2D eigenvalue weighted by Gasteiger charge is 2.26. The van der Waals surface area contributed by atoms with E-state index in [0.717, 1.165) is 37.1 Å². The maximum absolute atomic E-state index is 5.16. The van der Waals surface area contributed by atoms with Crippen molar-refractivity contribution in [3.05, 3.63) is 142 Å². The highest BCUT2D eigenvalue weighted by molar-refractivity contribution is 6.14. The highest BCUT2D eigenvalue weighted by Crippen LogP contribution is 2.41. The van der Waals surface area contributed by atoms with Crippen LogP contribution in [-0.4, -0.2) is 11.4 Å². The third-order valence-corrected chi connectivity index (χ3v) is 9.64. The Morgan fingerprint density at radius 3 is 1.24 bits per heavy atom. The fourth-order valence-electron chi connectivity index (χ4n) is 7.46. The maximum atomic E-state index is 5.16. The lowest BCUT2D eigenvalue weighted by Crippen LogP contribution is -2.02. The van der Waals surface area contributed by atoms with Gasteiger partial charge >= 0.3 is 0 Å². The number of aliphatic imine (C=N–C) groups is 2. The molecule has 2 heterocycles. The fraction of sp³-hybridized carbons (Fsp3) is 0.100. The molecule has 0 saturated carbocycles. The molecule has 0 bridgehead atoms. The number of rotatable bonds is 2. The van der Waals surface area contributed by atoms with Crippen molar-refractivity contribution in [2.45, 2.75) is 25.7 Å². The lowest BCUT2D eigenvalue weighted by molar-refractivity contribution is 1.25. The van der Waals surface area contributed by atoms with E-state index in [2.05, 4.69) is 109 Å². The molecule has 2 aliphatic heterocycles. The molecule has 0 radical (unpaired) electrons. The summed E-state index contributed by atoms with van der Waals surface area (Å²) in [5, 5.41) is 7.76. The monoisotopic (exact) mass is 534 g/mol. The Morgan fingerprint density at radius 2 is 0.786 bits per heavy atom. The van der Waals surface area contributed by atoms with Gasteiger partial charge in [0.15, 0.2) is 0 Å². The van der Waals surface area contributed by atoms with E-state index >= 15 is 0 Å². The Morgan fingerprint density at radius 1 is 0.381 bits per heavy atom. The number of allylic oxidation sites excluding steroid dienone is 2. The Balaban J connectivity index is 0.938. The van der Waals surface area contributed by atoms with Crippen LogP contribution in [0.15, 0.2) is 118 Å². The third-order valence-electron chi connectivity index (χ3n) is 9.64. The first-order valence-electron chi connectivity index (χ1n) is 14.9. The van der Waals surface area contributed by atoms with Crippen LogP contribution in [0.4, 0.5) is 11.4 Å². The van der Waals surface area contributed by atoms with Gasteiger partial charge in [-0.3, -0.25) is 9.98 Å². The van der Waals surface area contributed by atoms with Gasteiger partial charge in [-0.15, -0.1) is 0 Å². The van der Waals surface area contributed by atoms with Gasteiger partial charge in [-0.2, -0.15) is 0 Å². The van der Waals surface area contributed by atoms with E-state index in [1.165, 1.54) is 88.3 Å². The average molecular weight is 535 g/mol. The summed E-state index contributed by atoms with van der Waals surface area (Å²) in [5.41, 5.74) is 15.5. The Kier molecular flexibility index (Phi) is 4.43. The second-order valence-electron chi connectivity index (χ2n) is 12.3. The van der Waals surface area contributed by atoms with E-state index in [9.17, 15) is 0 Å². The van der Waals surface area contributed by atoms with Gasteiger partial charge < -0.3 is 0 Å². The van der Waals surface area contributed by atoms with Crippen LogP contribution in [0.1, 0.15) is 33.4 Å². The quantitative estimate of drug-likeness (QED) is 0.211. The predicted molar refractivity (Wildman–Crippen MR) is 177 cm³/mol. The van der Waals surface area contributed by atoms with Gasteiger partial charge in [0.05, 0.1) is 11.4 Å². The molecule has 4 aliphatic rings. The van der Waals surface area contributed by atoms with Gasteiger partial charge in [-0.1, -0.05) is 60.7 Å². The summed E-state index contributed by atoms with van der Waals surface area (Å²) in [6.07, 6.45) is 8.44. The number of benzene rings is 6. The van der Waals surface area contributed by atoms with Crippen LogP contribution in [0, 0.1) is 0 Å². The summed E-state index contributed by atoms with van der Waals surface area (Å²) in [7, 11) is 0. The largest absolute Gasteiger partial charge is 0.252 e. The van der Waals surface area contributed by atoms with Gasteiger partial charge in [0, 0.05) is 24.3 Å². The van der Waals surface area contributed by atoms with Crippen LogP contribution in [0.2, 0.25) is 0 Å². The Labute approximate surface area is 244 Å². The molecule has 0 N–H and O–H groups in total. The van der Waals surface area contributed by atoms with Crippen molar-refractivity contribution < 1.29 is 0 Å². The molecule has 6 aromatic carbocycles. The second kappa shape index (κ2) is 8.24. The molecule has 2 nitrogen and oxygen atoms in total. The summed E-state index contributed by atoms with van der Waals surface area (Å²) in [6.45, 7) is 0. The Bertz CT molecular complexity index is 2180. The van der Waals surface area contributed by atoms with Crippen molar-refractivity contribution in [2.24, 2.45) is 9.98 Å². The molecular weight excluding hydrogens is 508 g/mol. The van der Waals surface area contributed by atoms with Crippen molar-refractivity contribution in [1.29, 1.82) is 0 Å². The van der Waals surface area contributed by atoms with Crippen LogP contribution in [0.3, 0.4) is 0 Å². The van der Waals surface area contributed by atoms with Crippen molar-refractivity contribution >= 4 is 67.3 Å². The van der Waals surface area contributed by atoms with Gasteiger partial charge in [-0.05, 0) is 138 Å². The smallest absolute Gasteiger partial charge is 0.0675 e. The van der Waals surface area contributed by atoms with Gasteiger partial charge in [-0.25, -0.2) is 0 Å². The molecule has 0 spiro atoms. The Hall–Kier alpha value is -5.08. The molecule has 2 aliphatic carbocycles. The molecule has 6 aromatic rings. The number of nitrogens with zero attached hydrogens (tertiary/aromatic N) is 2. The molecule has 0 aromatic heterocycles. The van der Waals surface area contributed by atoms with E-state index in [1.807, 2.05) is 0 Å². The number of fused-ring (bicyclic) bond motifs is 7. The van der Waals surface area contributed by atoms with Crippen molar-refractivity contribution in [2.75, 3.05) is 0 Å². The molecule has 10 rings (SSSR count). The summed E-state index contributed by atoms with van der Waals surface area (Å²) >= 11 is 0. The van der Waals surface area contributed by atoms with Crippen LogP contribution >= 0.6 is 0 Å². The topological polar surface area (TPSA) is 24.7 Å². The lowest BCUT2D eigenvalue weighted by Gasteiger charge is -2.05. The third kappa shape index (κ3) is 3.39. The first-order chi connectivity index (χ1) is 20.7. The minimum atomic E-state index is 0.899. The number of hydrogen-bond acceptors (Lipinski definition) is 2. The number of hydrogen-bond donors (Lipinski definition) is 0. The summed E-state index contributed by atoms with van der Waals surface area (Å²) < 4.78 is 0. The van der Waals surface area contributed by atoms with Crippen LogP contribution in [0.5, 0.6) is 0 Å². The standard InChI is InChI=1S/C40H26N2/c1-2-6-24-10-28-14-33(13-27(28)9-23(24)5-1)39-21-35-17-31-20-38-36(18-32(31)19-37(35)41-39)22-40(42-38)34-15-29-11-25-7-3-4-8-26(25)12-30(29)16-34/h1-13,15,17-20H,14,16,21-22H2. The van der Waals surface area contributed by atoms with Crippen molar-refractivity contribution in [3.8, 4) is 0 Å². The zero-order valence-corrected chi connectivity index (χ0v) is 23.1. The van der Waals surface area contributed by atoms with E-state index in [4.69, 9.17) is 9.98 Å². The second-order valence-corrected chi connectivity index (χ2v) is 12.3. The minimum absolute atomic E-state index is 0.899.